The summed E-state index contributed by atoms with van der Waals surface area (Å²) in [7, 11) is 0. The van der Waals surface area contributed by atoms with Crippen LogP contribution in [0.1, 0.15) is 41.5 Å². The van der Waals surface area contributed by atoms with E-state index in [0.29, 0.717) is 0 Å². The van der Waals surface area contributed by atoms with Crippen LogP contribution in [0.3, 0.4) is 0 Å². The number of allylic oxidation sites excluding steroid dienone is 1. The lowest BCUT2D eigenvalue weighted by molar-refractivity contribution is -0.144. The smallest absolute Gasteiger partial charge is 0.408 e. The van der Waals surface area contributed by atoms with Crippen LogP contribution in [0.5, 0.6) is 0 Å². The van der Waals surface area contributed by atoms with Crippen molar-refractivity contribution in [2.24, 2.45) is 0 Å². The minimum atomic E-state index is -0.731. The van der Waals surface area contributed by atoms with E-state index in [2.05, 4.69) is 5.32 Å². The molecule has 0 aliphatic carbocycles. The fourth-order valence-electron chi connectivity index (χ4n) is 0.959. The number of carbonyl (C=O) groups is 2. The molecule has 0 aromatic carbocycles. The Labute approximate surface area is 109 Å². The third-order valence-electron chi connectivity index (χ3n) is 1.80. The highest BCUT2D eigenvalue weighted by Gasteiger charge is 2.21. The molecule has 0 aromatic heterocycles. The Bertz CT molecular complexity index is 324. The quantitative estimate of drug-likeness (QED) is 0.620. The molecule has 0 radical (unpaired) electrons. The van der Waals surface area contributed by atoms with Crippen LogP contribution in [0.15, 0.2) is 11.6 Å². The molecule has 1 unspecified atom stereocenters. The van der Waals surface area contributed by atoms with E-state index in [-0.39, 0.29) is 6.61 Å². The highest BCUT2D eigenvalue weighted by atomic mass is 16.6. The van der Waals surface area contributed by atoms with Crippen LogP contribution in [0.4, 0.5) is 4.79 Å². The molecule has 0 aromatic rings. The number of ether oxygens (including phenoxy) is 2. The largest absolute Gasteiger partial charge is 0.460 e. The van der Waals surface area contributed by atoms with E-state index in [1.165, 1.54) is 0 Å². The summed E-state index contributed by atoms with van der Waals surface area (Å²) < 4.78 is 9.99. The van der Waals surface area contributed by atoms with Gasteiger partial charge in [0.05, 0.1) is 0 Å². The average molecular weight is 257 g/mol. The minimum absolute atomic E-state index is 0.210. The summed E-state index contributed by atoms with van der Waals surface area (Å²) in [6.07, 6.45) is 1.16. The van der Waals surface area contributed by atoms with Crippen LogP contribution >= 0.6 is 0 Å². The first kappa shape index (κ1) is 16.5. The first-order chi connectivity index (χ1) is 8.11. The Kier molecular flexibility index (Phi) is 6.44. The molecule has 0 saturated carbocycles. The zero-order valence-electron chi connectivity index (χ0n) is 12.0. The number of esters is 1. The molecule has 0 aliphatic heterocycles. The summed E-state index contributed by atoms with van der Waals surface area (Å²) in [4.78, 5) is 22.9. The van der Waals surface area contributed by atoms with Gasteiger partial charge in [-0.15, -0.1) is 0 Å². The highest BCUT2D eigenvalue weighted by Crippen LogP contribution is 2.06. The molecule has 0 bridgehead atoms. The van der Waals surface area contributed by atoms with Crippen LogP contribution in [0, 0.1) is 0 Å². The summed E-state index contributed by atoms with van der Waals surface area (Å²) in [6.45, 7) is 10.8. The van der Waals surface area contributed by atoms with Crippen molar-refractivity contribution in [2.75, 3.05) is 6.61 Å². The standard InChI is InChI=1S/C13H23NO4/c1-9(2)7-8-17-11(15)10(3)14-12(16)18-13(4,5)6/h7,10H,8H2,1-6H3,(H,14,16). The van der Waals surface area contributed by atoms with Gasteiger partial charge in [0.25, 0.3) is 0 Å². The van der Waals surface area contributed by atoms with E-state index < -0.39 is 23.7 Å². The molecule has 1 amide bonds. The Hall–Kier alpha value is -1.52. The first-order valence-corrected chi connectivity index (χ1v) is 5.91. The van der Waals surface area contributed by atoms with E-state index in [1.807, 2.05) is 13.8 Å². The Morgan fingerprint density at radius 1 is 1.28 bits per heavy atom. The topological polar surface area (TPSA) is 64.6 Å². The van der Waals surface area contributed by atoms with E-state index in [1.54, 1.807) is 33.8 Å². The summed E-state index contributed by atoms with van der Waals surface area (Å²) in [6, 6.07) is -0.731. The molecule has 0 heterocycles. The van der Waals surface area contributed by atoms with Crippen molar-refractivity contribution >= 4 is 12.1 Å². The fourth-order valence-corrected chi connectivity index (χ4v) is 0.959. The fraction of sp³-hybridized carbons (Fsp3) is 0.692. The second kappa shape index (κ2) is 7.03. The Morgan fingerprint density at radius 3 is 2.28 bits per heavy atom. The molecule has 0 spiro atoms. The van der Waals surface area contributed by atoms with Gasteiger partial charge in [-0.05, 0) is 47.6 Å². The maximum atomic E-state index is 11.5. The number of rotatable bonds is 4. The molecule has 0 fully saturated rings. The van der Waals surface area contributed by atoms with E-state index in [9.17, 15) is 9.59 Å². The second-order valence-electron chi connectivity index (χ2n) is 5.28. The number of hydrogen-bond donors (Lipinski definition) is 1. The SMILES string of the molecule is CC(C)=CCOC(=O)C(C)NC(=O)OC(C)(C)C. The lowest BCUT2D eigenvalue weighted by Crippen LogP contribution is -2.42. The van der Waals surface area contributed by atoms with Gasteiger partial charge in [-0.2, -0.15) is 0 Å². The lowest BCUT2D eigenvalue weighted by atomic mass is 10.2. The van der Waals surface area contributed by atoms with Gasteiger partial charge in [0.1, 0.15) is 18.2 Å². The summed E-state index contributed by atoms with van der Waals surface area (Å²) in [5, 5.41) is 2.42. The summed E-state index contributed by atoms with van der Waals surface area (Å²) in [5.74, 6) is -0.488. The molecule has 0 aliphatic rings. The van der Waals surface area contributed by atoms with Gasteiger partial charge < -0.3 is 14.8 Å². The zero-order chi connectivity index (χ0) is 14.3. The molecule has 5 nitrogen and oxygen atoms in total. The van der Waals surface area contributed by atoms with Gasteiger partial charge in [-0.1, -0.05) is 5.57 Å². The maximum Gasteiger partial charge on any atom is 0.408 e. The van der Waals surface area contributed by atoms with Gasteiger partial charge in [-0.3, -0.25) is 0 Å². The molecule has 0 rings (SSSR count). The zero-order valence-corrected chi connectivity index (χ0v) is 12.0. The van der Waals surface area contributed by atoms with Crippen LogP contribution in [0.2, 0.25) is 0 Å². The van der Waals surface area contributed by atoms with Crippen molar-refractivity contribution in [3.05, 3.63) is 11.6 Å². The lowest BCUT2D eigenvalue weighted by Gasteiger charge is -2.21. The van der Waals surface area contributed by atoms with E-state index in [4.69, 9.17) is 9.47 Å². The highest BCUT2D eigenvalue weighted by molar-refractivity contribution is 5.81. The van der Waals surface area contributed by atoms with Gasteiger partial charge in [0.2, 0.25) is 0 Å². The van der Waals surface area contributed by atoms with Crippen molar-refractivity contribution in [2.45, 2.75) is 53.2 Å². The van der Waals surface area contributed by atoms with Crippen LogP contribution in [-0.4, -0.2) is 30.3 Å². The van der Waals surface area contributed by atoms with E-state index in [0.717, 1.165) is 5.57 Å². The second-order valence-corrected chi connectivity index (χ2v) is 5.28. The monoisotopic (exact) mass is 257 g/mol. The number of nitrogens with one attached hydrogen (secondary N) is 1. The first-order valence-electron chi connectivity index (χ1n) is 5.91. The van der Waals surface area contributed by atoms with Gasteiger partial charge in [0.15, 0.2) is 0 Å². The van der Waals surface area contributed by atoms with Gasteiger partial charge >= 0.3 is 12.1 Å². The van der Waals surface area contributed by atoms with Crippen molar-refractivity contribution < 1.29 is 19.1 Å². The van der Waals surface area contributed by atoms with E-state index >= 15 is 0 Å². The molecule has 1 N–H and O–H groups in total. The molecular formula is C13H23NO4. The number of alkyl carbamates (subject to hydrolysis) is 1. The van der Waals surface area contributed by atoms with Crippen molar-refractivity contribution in [3.8, 4) is 0 Å². The molecule has 5 heteroatoms. The Balaban J connectivity index is 4.08. The third kappa shape index (κ3) is 8.61. The number of hydrogen-bond acceptors (Lipinski definition) is 4. The van der Waals surface area contributed by atoms with Crippen LogP contribution in [0.25, 0.3) is 0 Å². The van der Waals surface area contributed by atoms with Crippen molar-refractivity contribution in [1.82, 2.24) is 5.32 Å². The Morgan fingerprint density at radius 2 is 1.83 bits per heavy atom. The summed E-state index contributed by atoms with van der Waals surface area (Å²) >= 11 is 0. The van der Waals surface area contributed by atoms with Crippen molar-refractivity contribution in [3.63, 3.8) is 0 Å². The molecule has 0 saturated heterocycles. The van der Waals surface area contributed by atoms with Crippen LogP contribution in [-0.2, 0) is 14.3 Å². The average Bonchev–Trinajstić information content (AvgIpc) is 2.13. The van der Waals surface area contributed by atoms with Crippen molar-refractivity contribution in [1.29, 1.82) is 0 Å². The number of amides is 1. The van der Waals surface area contributed by atoms with Gasteiger partial charge in [0, 0.05) is 0 Å². The molecule has 1 atom stereocenters. The summed E-state index contributed by atoms with van der Waals surface area (Å²) in [5.41, 5.74) is 0.478. The van der Waals surface area contributed by atoms with Crippen LogP contribution < -0.4 is 5.32 Å². The molecule has 18 heavy (non-hydrogen) atoms. The van der Waals surface area contributed by atoms with Gasteiger partial charge in [-0.25, -0.2) is 9.59 Å². The predicted octanol–water partition coefficient (Wildman–Crippen LogP) is 2.41. The maximum absolute atomic E-state index is 11.5. The molecular weight excluding hydrogens is 234 g/mol. The number of carbonyl (C=O) groups excluding carboxylic acids is 2. The molecule has 104 valence electrons. The normalized spacial score (nSPS) is 12.3. The third-order valence-corrected chi connectivity index (χ3v) is 1.80. The minimum Gasteiger partial charge on any atom is -0.460 e. The predicted molar refractivity (Wildman–Crippen MR) is 69.2 cm³/mol.